The highest BCUT2D eigenvalue weighted by Gasteiger charge is 2.18. The highest BCUT2D eigenvalue weighted by atomic mass is 35.5. The smallest absolute Gasteiger partial charge is 0.171 e. The number of ether oxygens (including phenoxy) is 3. The fraction of sp³-hybridized carbons (Fsp3) is 0.188. The second-order valence-electron chi connectivity index (χ2n) is 4.58. The lowest BCUT2D eigenvalue weighted by molar-refractivity contribution is 0.395. The molecule has 0 radical (unpaired) electrons. The molecule has 3 aromatic rings. The third-order valence-electron chi connectivity index (χ3n) is 3.41. The number of nitrogens with zero attached hydrogens (tertiary/aromatic N) is 1. The van der Waals surface area contributed by atoms with Crippen LogP contribution in [0, 0.1) is 0 Å². The van der Waals surface area contributed by atoms with E-state index < -0.39 is 0 Å². The van der Waals surface area contributed by atoms with E-state index in [2.05, 4.69) is 5.16 Å². The Morgan fingerprint density at radius 2 is 1.73 bits per heavy atom. The molecule has 1 aromatic heterocycles. The van der Waals surface area contributed by atoms with Crippen LogP contribution in [-0.4, -0.2) is 26.5 Å². The van der Waals surface area contributed by atoms with E-state index in [9.17, 15) is 0 Å². The molecule has 5 nitrogen and oxygen atoms in total. The van der Waals surface area contributed by atoms with Crippen molar-refractivity contribution in [3.05, 3.63) is 35.4 Å². The molecule has 0 aliphatic rings. The van der Waals surface area contributed by atoms with Gasteiger partial charge in [-0.2, -0.15) is 0 Å². The van der Waals surface area contributed by atoms with Crippen LogP contribution >= 0.6 is 11.6 Å². The number of hydrogen-bond acceptors (Lipinski definition) is 5. The molecule has 0 aliphatic carbocycles. The number of hydrogen-bond donors (Lipinski definition) is 0. The number of halogens is 1. The van der Waals surface area contributed by atoms with Gasteiger partial charge in [0.25, 0.3) is 0 Å². The van der Waals surface area contributed by atoms with Crippen LogP contribution in [0.2, 0.25) is 5.02 Å². The summed E-state index contributed by atoms with van der Waals surface area (Å²) in [6.07, 6.45) is 0. The molecule has 0 spiro atoms. The van der Waals surface area contributed by atoms with Crippen LogP contribution in [0.4, 0.5) is 0 Å². The molecule has 2 aromatic carbocycles. The predicted octanol–water partition coefficient (Wildman–Crippen LogP) is 4.17. The van der Waals surface area contributed by atoms with E-state index >= 15 is 0 Å². The first-order valence-corrected chi connectivity index (χ1v) is 6.91. The summed E-state index contributed by atoms with van der Waals surface area (Å²) in [4.78, 5) is 0. The molecule has 0 N–H and O–H groups in total. The standard InChI is InChI=1S/C16H14ClNO4/c1-19-9-4-5-10-14(6-9)22-18-16(10)11-7-12(17)15(21-3)8-13(11)20-2/h4-8H,1-3H3. The predicted molar refractivity (Wildman–Crippen MR) is 84.1 cm³/mol. The van der Waals surface area contributed by atoms with Gasteiger partial charge in [-0.3, -0.25) is 0 Å². The van der Waals surface area contributed by atoms with Gasteiger partial charge in [0.15, 0.2) is 5.58 Å². The molecule has 114 valence electrons. The Morgan fingerprint density at radius 3 is 2.41 bits per heavy atom. The largest absolute Gasteiger partial charge is 0.497 e. The first kappa shape index (κ1) is 14.5. The molecule has 0 saturated heterocycles. The average Bonchev–Trinajstić information content (AvgIpc) is 2.97. The van der Waals surface area contributed by atoms with Gasteiger partial charge in [0.1, 0.15) is 22.9 Å². The molecular formula is C16H14ClNO4. The van der Waals surface area contributed by atoms with Gasteiger partial charge in [0.2, 0.25) is 0 Å². The monoisotopic (exact) mass is 319 g/mol. The van der Waals surface area contributed by atoms with Crippen molar-refractivity contribution < 1.29 is 18.7 Å². The molecule has 3 rings (SSSR count). The molecule has 0 amide bonds. The van der Waals surface area contributed by atoms with E-state index in [0.717, 1.165) is 10.9 Å². The summed E-state index contributed by atoms with van der Waals surface area (Å²) in [5.41, 5.74) is 2.01. The summed E-state index contributed by atoms with van der Waals surface area (Å²) in [6, 6.07) is 8.99. The van der Waals surface area contributed by atoms with Gasteiger partial charge < -0.3 is 18.7 Å². The van der Waals surface area contributed by atoms with E-state index in [1.807, 2.05) is 12.1 Å². The van der Waals surface area contributed by atoms with Crippen molar-refractivity contribution >= 4 is 22.6 Å². The maximum Gasteiger partial charge on any atom is 0.171 e. The number of rotatable bonds is 4. The molecule has 0 unspecified atom stereocenters. The van der Waals surface area contributed by atoms with Gasteiger partial charge in [-0.1, -0.05) is 16.8 Å². The van der Waals surface area contributed by atoms with Crippen molar-refractivity contribution in [1.29, 1.82) is 0 Å². The lowest BCUT2D eigenvalue weighted by Crippen LogP contribution is -1.92. The third-order valence-corrected chi connectivity index (χ3v) is 3.70. The lowest BCUT2D eigenvalue weighted by atomic mass is 10.1. The van der Waals surface area contributed by atoms with Gasteiger partial charge >= 0.3 is 0 Å². The molecule has 0 fully saturated rings. The maximum absolute atomic E-state index is 6.22. The zero-order valence-electron chi connectivity index (χ0n) is 12.3. The minimum atomic E-state index is 0.475. The Balaban J connectivity index is 2.21. The van der Waals surface area contributed by atoms with E-state index in [1.165, 1.54) is 0 Å². The van der Waals surface area contributed by atoms with Gasteiger partial charge in [0.05, 0.1) is 31.7 Å². The SMILES string of the molecule is COc1ccc2c(-c3cc(Cl)c(OC)cc3OC)noc2c1. The Labute approximate surface area is 132 Å². The molecule has 0 bridgehead atoms. The Morgan fingerprint density at radius 1 is 0.955 bits per heavy atom. The fourth-order valence-electron chi connectivity index (χ4n) is 2.28. The van der Waals surface area contributed by atoms with E-state index in [0.29, 0.717) is 33.5 Å². The second-order valence-corrected chi connectivity index (χ2v) is 4.99. The van der Waals surface area contributed by atoms with E-state index in [4.69, 9.17) is 30.3 Å². The number of methoxy groups -OCH3 is 3. The van der Waals surface area contributed by atoms with Gasteiger partial charge in [-0.15, -0.1) is 0 Å². The Hall–Kier alpha value is -2.40. The molecule has 0 atom stereocenters. The maximum atomic E-state index is 6.22. The van der Waals surface area contributed by atoms with Crippen LogP contribution < -0.4 is 14.2 Å². The van der Waals surface area contributed by atoms with E-state index in [-0.39, 0.29) is 0 Å². The summed E-state index contributed by atoms with van der Waals surface area (Å²) in [5, 5.41) is 5.46. The van der Waals surface area contributed by atoms with Gasteiger partial charge in [0, 0.05) is 17.7 Å². The van der Waals surface area contributed by atoms with Crippen molar-refractivity contribution in [1.82, 2.24) is 5.16 Å². The van der Waals surface area contributed by atoms with Gasteiger partial charge in [-0.25, -0.2) is 0 Å². The average molecular weight is 320 g/mol. The van der Waals surface area contributed by atoms with Crippen molar-refractivity contribution in [3.63, 3.8) is 0 Å². The van der Waals surface area contributed by atoms with Crippen molar-refractivity contribution in [2.45, 2.75) is 0 Å². The first-order valence-electron chi connectivity index (χ1n) is 6.53. The van der Waals surface area contributed by atoms with Crippen LogP contribution in [0.3, 0.4) is 0 Å². The van der Waals surface area contributed by atoms with Crippen LogP contribution in [-0.2, 0) is 0 Å². The van der Waals surface area contributed by atoms with E-state index in [1.54, 1.807) is 39.5 Å². The third kappa shape index (κ3) is 2.33. The highest BCUT2D eigenvalue weighted by molar-refractivity contribution is 6.32. The van der Waals surface area contributed by atoms with Crippen LogP contribution in [0.5, 0.6) is 17.2 Å². The fourth-order valence-corrected chi connectivity index (χ4v) is 2.52. The normalized spacial score (nSPS) is 10.7. The van der Waals surface area contributed by atoms with Crippen molar-refractivity contribution in [2.75, 3.05) is 21.3 Å². The highest BCUT2D eigenvalue weighted by Crippen LogP contribution is 2.40. The molecule has 1 heterocycles. The lowest BCUT2D eigenvalue weighted by Gasteiger charge is -2.10. The molecule has 6 heteroatoms. The summed E-state index contributed by atoms with van der Waals surface area (Å²) in [5.74, 6) is 1.85. The van der Waals surface area contributed by atoms with Crippen molar-refractivity contribution in [2.24, 2.45) is 0 Å². The minimum Gasteiger partial charge on any atom is -0.497 e. The summed E-state index contributed by atoms with van der Waals surface area (Å²) >= 11 is 6.22. The number of fused-ring (bicyclic) bond motifs is 1. The second kappa shape index (κ2) is 5.77. The Kier molecular flexibility index (Phi) is 3.81. The van der Waals surface area contributed by atoms with Crippen LogP contribution in [0.1, 0.15) is 0 Å². The minimum absolute atomic E-state index is 0.475. The van der Waals surface area contributed by atoms with Crippen molar-refractivity contribution in [3.8, 4) is 28.5 Å². The Bertz CT molecular complexity index is 828. The summed E-state index contributed by atoms with van der Waals surface area (Å²) < 4.78 is 21.2. The topological polar surface area (TPSA) is 53.7 Å². The first-order chi connectivity index (χ1) is 10.7. The van der Waals surface area contributed by atoms with Gasteiger partial charge in [-0.05, 0) is 18.2 Å². The zero-order chi connectivity index (χ0) is 15.7. The molecule has 0 saturated carbocycles. The number of aromatic nitrogens is 1. The quantitative estimate of drug-likeness (QED) is 0.722. The van der Waals surface area contributed by atoms with Crippen LogP contribution in [0.15, 0.2) is 34.9 Å². The molecule has 22 heavy (non-hydrogen) atoms. The molecular weight excluding hydrogens is 306 g/mol. The summed E-state index contributed by atoms with van der Waals surface area (Å²) in [7, 11) is 4.74. The number of benzene rings is 2. The van der Waals surface area contributed by atoms with Crippen LogP contribution in [0.25, 0.3) is 22.2 Å². The zero-order valence-corrected chi connectivity index (χ0v) is 13.1. The molecule has 0 aliphatic heterocycles. The summed E-state index contributed by atoms with van der Waals surface area (Å²) in [6.45, 7) is 0.